The molecule has 1 fully saturated rings. The normalized spacial score (nSPS) is 25.8. The van der Waals surface area contributed by atoms with Crippen molar-refractivity contribution in [1.82, 2.24) is 29.5 Å². The van der Waals surface area contributed by atoms with Gasteiger partial charge < -0.3 is 20.7 Å². The lowest BCUT2D eigenvalue weighted by Gasteiger charge is -2.16. The first-order valence-corrected chi connectivity index (χ1v) is 8.90. The third-order valence-electron chi connectivity index (χ3n) is 4.22. The standard InChI is InChI=1S/C15H17N7O3S/c1-7-14(18-3-2-17-7)26-4-8-10(23)11(24)15(25-8)22-6-21-9-12(16)19-5-20-13(9)22/h2-3,5-6,8,10-11,15,23-24H,4H2,1H3,(H2,16,19,20)/t8-,10-,11-,15-/m1/s1. The van der Waals surface area contributed by atoms with Crippen LogP contribution in [0, 0.1) is 6.92 Å². The number of aliphatic hydroxyl groups is 2. The number of nitrogen functional groups attached to an aromatic ring is 1. The number of nitrogens with zero attached hydrogens (tertiary/aromatic N) is 6. The summed E-state index contributed by atoms with van der Waals surface area (Å²) in [5, 5.41) is 21.6. The summed E-state index contributed by atoms with van der Waals surface area (Å²) in [6.07, 6.45) is 2.43. The molecule has 4 heterocycles. The highest BCUT2D eigenvalue weighted by Crippen LogP contribution is 2.34. The van der Waals surface area contributed by atoms with Crippen LogP contribution in [0.5, 0.6) is 0 Å². The lowest BCUT2D eigenvalue weighted by Crippen LogP contribution is -2.32. The van der Waals surface area contributed by atoms with E-state index >= 15 is 0 Å². The molecule has 0 bridgehead atoms. The molecule has 0 aromatic carbocycles. The van der Waals surface area contributed by atoms with Gasteiger partial charge in [-0.15, -0.1) is 11.8 Å². The fourth-order valence-corrected chi connectivity index (χ4v) is 3.85. The fraction of sp³-hybridized carbons (Fsp3) is 0.400. The van der Waals surface area contributed by atoms with Crippen LogP contribution in [0.15, 0.2) is 30.1 Å². The molecule has 26 heavy (non-hydrogen) atoms. The Morgan fingerprint density at radius 1 is 1.15 bits per heavy atom. The summed E-state index contributed by atoms with van der Waals surface area (Å²) in [5.74, 6) is 0.657. The summed E-state index contributed by atoms with van der Waals surface area (Å²) >= 11 is 1.42. The van der Waals surface area contributed by atoms with Crippen molar-refractivity contribution in [3.05, 3.63) is 30.7 Å². The molecule has 3 aromatic heterocycles. The van der Waals surface area contributed by atoms with E-state index in [0.717, 1.165) is 10.7 Å². The van der Waals surface area contributed by atoms with E-state index in [4.69, 9.17) is 10.5 Å². The second kappa shape index (κ2) is 6.76. The molecule has 0 spiro atoms. The molecule has 4 atom stereocenters. The largest absolute Gasteiger partial charge is 0.387 e. The summed E-state index contributed by atoms with van der Waals surface area (Å²) in [6, 6.07) is 0. The lowest BCUT2D eigenvalue weighted by atomic mass is 10.1. The van der Waals surface area contributed by atoms with Crippen LogP contribution in [0.3, 0.4) is 0 Å². The van der Waals surface area contributed by atoms with Crippen LogP contribution in [0.2, 0.25) is 0 Å². The second-order valence-electron chi connectivity index (χ2n) is 5.89. The molecule has 136 valence electrons. The number of hydrogen-bond donors (Lipinski definition) is 3. The van der Waals surface area contributed by atoms with Crippen LogP contribution in [0.1, 0.15) is 11.9 Å². The molecule has 1 saturated heterocycles. The number of rotatable bonds is 4. The first kappa shape index (κ1) is 17.1. The maximum absolute atomic E-state index is 10.4. The van der Waals surface area contributed by atoms with E-state index in [-0.39, 0.29) is 5.82 Å². The number of nitrogens with two attached hydrogens (primary N) is 1. The SMILES string of the molecule is Cc1nccnc1SC[C@H]1O[C@@H](n2cnc3c(N)ncnc32)[C@H](O)[C@@H]1O. The third kappa shape index (κ3) is 2.88. The highest BCUT2D eigenvalue weighted by molar-refractivity contribution is 7.99. The van der Waals surface area contributed by atoms with Gasteiger partial charge in [0.1, 0.15) is 29.1 Å². The Labute approximate surface area is 152 Å². The first-order valence-electron chi connectivity index (χ1n) is 7.91. The summed E-state index contributed by atoms with van der Waals surface area (Å²) in [5.41, 5.74) is 7.45. The molecule has 0 aliphatic carbocycles. The number of hydrogen-bond acceptors (Lipinski definition) is 10. The summed E-state index contributed by atoms with van der Waals surface area (Å²) < 4.78 is 7.45. The van der Waals surface area contributed by atoms with Gasteiger partial charge in [0.25, 0.3) is 0 Å². The van der Waals surface area contributed by atoms with E-state index < -0.39 is 24.5 Å². The van der Waals surface area contributed by atoms with Crippen molar-refractivity contribution in [1.29, 1.82) is 0 Å². The molecular weight excluding hydrogens is 358 g/mol. The zero-order valence-corrected chi connectivity index (χ0v) is 14.6. The average Bonchev–Trinajstić information content (AvgIpc) is 3.18. The van der Waals surface area contributed by atoms with E-state index in [1.807, 2.05) is 6.92 Å². The maximum Gasteiger partial charge on any atom is 0.167 e. The monoisotopic (exact) mass is 375 g/mol. The molecule has 10 nitrogen and oxygen atoms in total. The van der Waals surface area contributed by atoms with Crippen molar-refractivity contribution in [2.24, 2.45) is 0 Å². The van der Waals surface area contributed by atoms with Gasteiger partial charge >= 0.3 is 0 Å². The van der Waals surface area contributed by atoms with Gasteiger partial charge in [0.15, 0.2) is 17.7 Å². The van der Waals surface area contributed by atoms with Gasteiger partial charge in [-0.1, -0.05) is 0 Å². The van der Waals surface area contributed by atoms with Gasteiger partial charge in [-0.25, -0.2) is 19.9 Å². The number of imidazole rings is 1. The van der Waals surface area contributed by atoms with E-state index in [1.165, 1.54) is 24.4 Å². The Morgan fingerprint density at radius 2 is 1.96 bits per heavy atom. The molecule has 4 N–H and O–H groups in total. The van der Waals surface area contributed by atoms with Crippen LogP contribution in [-0.2, 0) is 4.74 Å². The van der Waals surface area contributed by atoms with Crippen LogP contribution < -0.4 is 5.73 Å². The van der Waals surface area contributed by atoms with Crippen LogP contribution in [0.4, 0.5) is 5.82 Å². The number of fused-ring (bicyclic) bond motifs is 1. The fourth-order valence-electron chi connectivity index (χ4n) is 2.85. The Balaban J connectivity index is 1.54. The molecule has 0 unspecified atom stereocenters. The molecule has 0 radical (unpaired) electrons. The molecule has 3 aromatic rings. The average molecular weight is 375 g/mol. The molecule has 11 heteroatoms. The molecule has 1 aliphatic rings. The van der Waals surface area contributed by atoms with E-state index in [0.29, 0.717) is 16.9 Å². The highest BCUT2D eigenvalue weighted by atomic mass is 32.2. The van der Waals surface area contributed by atoms with Gasteiger partial charge in [-0.2, -0.15) is 0 Å². The Morgan fingerprint density at radius 3 is 2.77 bits per heavy atom. The van der Waals surface area contributed by atoms with Gasteiger partial charge in [-0.05, 0) is 6.92 Å². The Hall–Kier alpha value is -2.34. The zero-order chi connectivity index (χ0) is 18.3. The van der Waals surface area contributed by atoms with Crippen molar-refractivity contribution in [3.63, 3.8) is 0 Å². The summed E-state index contributed by atoms with van der Waals surface area (Å²) in [7, 11) is 0. The highest BCUT2D eigenvalue weighted by Gasteiger charge is 2.44. The molecule has 4 rings (SSSR count). The number of thioether (sulfide) groups is 1. The van der Waals surface area contributed by atoms with Gasteiger partial charge in [0.05, 0.1) is 18.1 Å². The molecule has 0 amide bonds. The molecule has 1 aliphatic heterocycles. The Bertz CT molecular complexity index is 936. The van der Waals surface area contributed by atoms with E-state index in [1.54, 1.807) is 17.0 Å². The summed E-state index contributed by atoms with van der Waals surface area (Å²) in [6.45, 7) is 1.86. The van der Waals surface area contributed by atoms with Crippen LogP contribution >= 0.6 is 11.8 Å². The summed E-state index contributed by atoms with van der Waals surface area (Å²) in [4.78, 5) is 20.6. The van der Waals surface area contributed by atoms with Crippen molar-refractivity contribution in [2.45, 2.75) is 36.5 Å². The van der Waals surface area contributed by atoms with Crippen LogP contribution in [0.25, 0.3) is 11.2 Å². The number of aryl methyl sites for hydroxylation is 1. The van der Waals surface area contributed by atoms with Crippen LogP contribution in [-0.4, -0.2) is 63.8 Å². The van der Waals surface area contributed by atoms with Crippen molar-refractivity contribution in [3.8, 4) is 0 Å². The zero-order valence-electron chi connectivity index (χ0n) is 13.8. The maximum atomic E-state index is 10.4. The Kier molecular flexibility index (Phi) is 4.44. The molecule has 0 saturated carbocycles. The van der Waals surface area contributed by atoms with Gasteiger partial charge in [0, 0.05) is 18.1 Å². The van der Waals surface area contributed by atoms with Crippen molar-refractivity contribution >= 4 is 28.7 Å². The van der Waals surface area contributed by atoms with Gasteiger partial charge in [-0.3, -0.25) is 9.55 Å². The van der Waals surface area contributed by atoms with Gasteiger partial charge in [0.2, 0.25) is 0 Å². The number of aromatic nitrogens is 6. The second-order valence-corrected chi connectivity index (χ2v) is 6.90. The predicted molar refractivity (Wildman–Crippen MR) is 93.2 cm³/mol. The number of anilines is 1. The number of ether oxygens (including phenoxy) is 1. The van der Waals surface area contributed by atoms with E-state index in [2.05, 4.69) is 24.9 Å². The quantitative estimate of drug-likeness (QED) is 0.529. The van der Waals surface area contributed by atoms with E-state index in [9.17, 15) is 10.2 Å². The van der Waals surface area contributed by atoms with Crippen molar-refractivity contribution < 1.29 is 14.9 Å². The number of aliphatic hydroxyl groups excluding tert-OH is 2. The third-order valence-corrected chi connectivity index (χ3v) is 5.39. The first-order chi connectivity index (χ1) is 12.6. The van der Waals surface area contributed by atoms with Crippen molar-refractivity contribution in [2.75, 3.05) is 11.5 Å². The smallest absolute Gasteiger partial charge is 0.167 e. The molecular formula is C15H17N7O3S. The minimum Gasteiger partial charge on any atom is -0.387 e. The minimum atomic E-state index is -1.13. The minimum absolute atomic E-state index is 0.243. The topological polar surface area (TPSA) is 145 Å². The predicted octanol–water partition coefficient (Wildman–Crippen LogP) is -0.0816. The lowest BCUT2D eigenvalue weighted by molar-refractivity contribution is -0.0289.